The fourth-order valence-electron chi connectivity index (χ4n) is 0. The van der Waals surface area contributed by atoms with E-state index in [9.17, 15) is 0 Å². The summed E-state index contributed by atoms with van der Waals surface area (Å²) in [7, 11) is 0. The first kappa shape index (κ1) is 8.82. The summed E-state index contributed by atoms with van der Waals surface area (Å²) in [6.45, 7) is 5.50. The maximum atomic E-state index is 3.49. The van der Waals surface area contributed by atoms with E-state index in [4.69, 9.17) is 0 Å². The van der Waals surface area contributed by atoms with E-state index in [-0.39, 0.29) is 21.1 Å². The first-order chi connectivity index (χ1) is 1.41. The Morgan fingerprint density at radius 3 is 1.75 bits per heavy atom. The minimum absolute atomic E-state index is 0. The zero-order valence-corrected chi connectivity index (χ0v) is 5.76. The molecule has 0 amide bonds. The van der Waals surface area contributed by atoms with E-state index in [0.29, 0.717) is 0 Å². The maximum Gasteiger partial charge on any atom is 2.00 e. The van der Waals surface area contributed by atoms with Crippen molar-refractivity contribution in [2.75, 3.05) is 0 Å². The second-order valence-electron chi connectivity index (χ2n) is 0.500. The van der Waals surface area contributed by atoms with Crippen LogP contribution in [0.1, 0.15) is 13.3 Å². The average Bonchev–Trinajstić information content (AvgIpc) is 0.918. The molecular formula is C3H7W+. The van der Waals surface area contributed by atoms with Gasteiger partial charge in [0.25, 0.3) is 0 Å². The Bertz CT molecular complexity index is 3.25. The Morgan fingerprint density at radius 1 is 1.75 bits per heavy atom. The first-order valence-electron chi connectivity index (χ1n) is 1.21. The molecule has 0 heterocycles. The Balaban J connectivity index is 0. The van der Waals surface area contributed by atoms with Gasteiger partial charge in [0, 0.05) is 0 Å². The number of hydrogen-bond donors (Lipinski definition) is 0. The van der Waals surface area contributed by atoms with Crippen LogP contribution in [-0.4, -0.2) is 0 Å². The van der Waals surface area contributed by atoms with E-state index < -0.39 is 0 Å². The molecular weight excluding hydrogens is 220 g/mol. The van der Waals surface area contributed by atoms with Crippen molar-refractivity contribution < 1.29 is 21.1 Å². The Kier molecular flexibility index (Phi) is 20.6. The molecule has 0 spiro atoms. The third kappa shape index (κ3) is 16.2. The van der Waals surface area contributed by atoms with Crippen molar-refractivity contribution in [3.8, 4) is 0 Å². The molecule has 0 atom stereocenters. The molecule has 0 aliphatic rings. The zero-order chi connectivity index (χ0) is 2.71. The van der Waals surface area contributed by atoms with Crippen molar-refractivity contribution in [2.24, 2.45) is 0 Å². The largest absolute Gasteiger partial charge is 2.00 e. The predicted octanol–water partition coefficient (Wildman–Crippen LogP) is 1.23. The van der Waals surface area contributed by atoms with Gasteiger partial charge < -0.3 is 6.92 Å². The molecule has 0 aromatic carbocycles. The van der Waals surface area contributed by atoms with Crippen LogP contribution in [0.25, 0.3) is 0 Å². The second-order valence-corrected chi connectivity index (χ2v) is 0.500. The molecule has 0 radical (unpaired) electrons. The first-order valence-corrected chi connectivity index (χ1v) is 1.21. The van der Waals surface area contributed by atoms with Crippen molar-refractivity contribution in [1.82, 2.24) is 0 Å². The van der Waals surface area contributed by atoms with E-state index in [2.05, 4.69) is 6.92 Å². The summed E-state index contributed by atoms with van der Waals surface area (Å²) in [5, 5.41) is 0. The summed E-state index contributed by atoms with van der Waals surface area (Å²) in [5.41, 5.74) is 0. The molecule has 0 unspecified atom stereocenters. The van der Waals surface area contributed by atoms with Crippen LogP contribution in [0.2, 0.25) is 0 Å². The van der Waals surface area contributed by atoms with Gasteiger partial charge in [-0.2, -0.15) is 6.42 Å². The summed E-state index contributed by atoms with van der Waals surface area (Å²) in [6, 6.07) is 0. The van der Waals surface area contributed by atoms with Gasteiger partial charge in [-0.1, -0.05) is 6.92 Å². The van der Waals surface area contributed by atoms with Crippen molar-refractivity contribution in [3.05, 3.63) is 6.92 Å². The second kappa shape index (κ2) is 9.35. The van der Waals surface area contributed by atoms with Crippen LogP contribution in [0.3, 0.4) is 0 Å². The van der Waals surface area contributed by atoms with Crippen LogP contribution >= 0.6 is 0 Å². The molecule has 0 rings (SSSR count). The summed E-state index contributed by atoms with van der Waals surface area (Å²) in [6.07, 6.45) is 1.00. The van der Waals surface area contributed by atoms with Crippen molar-refractivity contribution in [1.29, 1.82) is 0 Å². The Hall–Kier alpha value is 0.688. The summed E-state index contributed by atoms with van der Waals surface area (Å²) in [4.78, 5) is 0. The molecule has 0 bridgehead atoms. The topological polar surface area (TPSA) is 0 Å². The molecule has 0 saturated carbocycles. The summed E-state index contributed by atoms with van der Waals surface area (Å²) in [5.74, 6) is 0. The van der Waals surface area contributed by atoms with Gasteiger partial charge in [-0.05, 0) is 0 Å². The zero-order valence-electron chi connectivity index (χ0n) is 2.82. The molecule has 0 aromatic rings. The number of rotatable bonds is 0. The predicted molar refractivity (Wildman–Crippen MR) is 15.6 cm³/mol. The van der Waals surface area contributed by atoms with Crippen LogP contribution in [-0.2, 0) is 21.1 Å². The third-order valence-electron chi connectivity index (χ3n) is 0. The van der Waals surface area contributed by atoms with Crippen molar-refractivity contribution >= 4 is 0 Å². The van der Waals surface area contributed by atoms with Crippen LogP contribution in [0.4, 0.5) is 0 Å². The van der Waals surface area contributed by atoms with Gasteiger partial charge in [0.1, 0.15) is 0 Å². The minimum atomic E-state index is 0. The molecule has 0 nitrogen and oxygen atoms in total. The molecule has 0 fully saturated rings. The van der Waals surface area contributed by atoms with Crippen molar-refractivity contribution in [2.45, 2.75) is 13.3 Å². The minimum Gasteiger partial charge on any atom is -0.344 e. The average molecular weight is 227 g/mol. The molecule has 0 N–H and O–H groups in total. The van der Waals surface area contributed by atoms with Gasteiger partial charge in [-0.15, -0.1) is 0 Å². The van der Waals surface area contributed by atoms with Gasteiger partial charge in [0.05, 0.1) is 0 Å². The van der Waals surface area contributed by atoms with Gasteiger partial charge in [0.2, 0.25) is 0 Å². The fourth-order valence-corrected chi connectivity index (χ4v) is 0. The van der Waals surface area contributed by atoms with Crippen LogP contribution in [0.5, 0.6) is 0 Å². The molecule has 24 valence electrons. The van der Waals surface area contributed by atoms with Crippen molar-refractivity contribution in [3.63, 3.8) is 0 Å². The smallest absolute Gasteiger partial charge is 0.344 e. The van der Waals surface area contributed by atoms with E-state index in [1.165, 1.54) is 0 Å². The van der Waals surface area contributed by atoms with E-state index in [1.54, 1.807) is 0 Å². The molecule has 0 aliphatic carbocycles. The quantitative estimate of drug-likeness (QED) is 0.546. The summed E-state index contributed by atoms with van der Waals surface area (Å²) >= 11 is 0. The molecule has 0 saturated heterocycles. The Labute approximate surface area is 41.9 Å². The van der Waals surface area contributed by atoms with Gasteiger partial charge in [0.15, 0.2) is 0 Å². The SMILES string of the molecule is [CH2-]CC.[W+2]. The molecule has 0 aromatic heterocycles. The van der Waals surface area contributed by atoms with E-state index >= 15 is 0 Å². The van der Waals surface area contributed by atoms with Gasteiger partial charge in [-0.3, -0.25) is 0 Å². The monoisotopic (exact) mass is 227 g/mol. The fraction of sp³-hybridized carbons (Fsp3) is 0.667. The van der Waals surface area contributed by atoms with E-state index in [0.717, 1.165) is 6.42 Å². The summed E-state index contributed by atoms with van der Waals surface area (Å²) < 4.78 is 0. The Morgan fingerprint density at radius 2 is 1.75 bits per heavy atom. The number of hydrogen-bond acceptors (Lipinski definition) is 0. The van der Waals surface area contributed by atoms with Crippen LogP contribution in [0, 0.1) is 6.92 Å². The van der Waals surface area contributed by atoms with Crippen LogP contribution in [0.15, 0.2) is 0 Å². The maximum absolute atomic E-state index is 3.49. The van der Waals surface area contributed by atoms with Gasteiger partial charge in [-0.25, -0.2) is 0 Å². The molecule has 0 aliphatic heterocycles. The van der Waals surface area contributed by atoms with Crippen LogP contribution < -0.4 is 0 Å². The normalized spacial score (nSPS) is 4.50. The van der Waals surface area contributed by atoms with Gasteiger partial charge >= 0.3 is 21.1 Å². The van der Waals surface area contributed by atoms with E-state index in [1.807, 2.05) is 6.92 Å². The molecule has 4 heavy (non-hydrogen) atoms. The third-order valence-corrected chi connectivity index (χ3v) is 0. The molecule has 1 heteroatoms. The standard InChI is InChI=1S/C3H7.W/c1-3-2;/h1,3H2,2H3;/q-1;+2.